The highest BCUT2D eigenvalue weighted by atomic mass is 35.5. The van der Waals surface area contributed by atoms with Crippen LogP contribution in [0, 0.1) is 6.57 Å². The molecule has 0 aromatic heterocycles. The van der Waals surface area contributed by atoms with Gasteiger partial charge in [0, 0.05) is 10.6 Å². The van der Waals surface area contributed by atoms with Gasteiger partial charge in [0.15, 0.2) is 5.70 Å². The third-order valence-corrected chi connectivity index (χ3v) is 5.08. The van der Waals surface area contributed by atoms with E-state index < -0.39 is 0 Å². The summed E-state index contributed by atoms with van der Waals surface area (Å²) in [6.07, 6.45) is 8.20. The molecule has 0 radical (unpaired) electrons. The normalized spacial score (nSPS) is 11.0. The molecule has 32 heavy (non-hydrogen) atoms. The lowest BCUT2D eigenvalue weighted by Gasteiger charge is -2.07. The van der Waals surface area contributed by atoms with E-state index in [4.69, 9.17) is 27.6 Å². The minimum absolute atomic E-state index is 0.306. The lowest BCUT2D eigenvalue weighted by molar-refractivity contribution is -0.139. The second-order valence-electron chi connectivity index (χ2n) is 7.60. The molecule has 0 aliphatic heterocycles. The van der Waals surface area contributed by atoms with Crippen LogP contribution in [0.1, 0.15) is 56.6 Å². The summed E-state index contributed by atoms with van der Waals surface area (Å²) in [5.74, 6) is 0.525. The van der Waals surface area contributed by atoms with Crippen LogP contribution in [0.2, 0.25) is 5.02 Å². The van der Waals surface area contributed by atoms with Crippen molar-refractivity contribution in [1.29, 1.82) is 0 Å². The summed E-state index contributed by atoms with van der Waals surface area (Å²) in [6.45, 7) is 13.8. The highest BCUT2D eigenvalue weighted by Gasteiger charge is 2.03. The predicted molar refractivity (Wildman–Crippen MR) is 131 cm³/mol. The van der Waals surface area contributed by atoms with Gasteiger partial charge in [-0.25, -0.2) is 9.64 Å². The van der Waals surface area contributed by atoms with Gasteiger partial charge in [-0.2, -0.15) is 0 Å². The summed E-state index contributed by atoms with van der Waals surface area (Å²) in [4.78, 5) is 14.9. The van der Waals surface area contributed by atoms with Crippen LogP contribution in [0.5, 0.6) is 5.75 Å². The number of benzene rings is 2. The number of hydrogen-bond donors (Lipinski definition) is 0. The fraction of sp³-hybridized carbons (Fsp3) is 0.333. The summed E-state index contributed by atoms with van der Waals surface area (Å²) in [5, 5.41) is 0.654. The third kappa shape index (κ3) is 9.41. The van der Waals surface area contributed by atoms with Gasteiger partial charge in [-0.05, 0) is 61.2 Å². The van der Waals surface area contributed by atoms with Crippen molar-refractivity contribution in [2.45, 2.75) is 45.4 Å². The Morgan fingerprint density at radius 2 is 1.56 bits per heavy atom. The lowest BCUT2D eigenvalue weighted by atomic mass is 10.1. The molecule has 2 rings (SSSR count). The Hall–Kier alpha value is -3.03. The van der Waals surface area contributed by atoms with E-state index in [-0.39, 0.29) is 5.97 Å². The number of rotatable bonds is 13. The summed E-state index contributed by atoms with van der Waals surface area (Å²) in [6, 6.07) is 15.0. The Bertz CT molecular complexity index is 940. The van der Waals surface area contributed by atoms with Crippen molar-refractivity contribution >= 4 is 29.3 Å². The van der Waals surface area contributed by atoms with Gasteiger partial charge in [-0.1, -0.05) is 68.1 Å². The molecule has 0 atom stereocenters. The molecule has 5 heteroatoms. The molecule has 0 aliphatic carbocycles. The Labute approximate surface area is 196 Å². The molecule has 0 fully saturated rings. The van der Waals surface area contributed by atoms with E-state index in [0.717, 1.165) is 55.4 Å². The second kappa shape index (κ2) is 14.1. The van der Waals surface area contributed by atoms with Crippen molar-refractivity contribution in [3.63, 3.8) is 0 Å². The number of nitrogens with zero attached hydrogens (tertiary/aromatic N) is 1. The highest BCUT2D eigenvalue weighted by Crippen LogP contribution is 2.23. The molecular weight excluding hydrogens is 422 g/mol. The molecule has 0 heterocycles. The first kappa shape index (κ1) is 25.2. The quantitative estimate of drug-likeness (QED) is 0.103. The fourth-order valence-electron chi connectivity index (χ4n) is 3.01. The number of carbonyl (C=O) groups excluding carboxylic acids is 1. The van der Waals surface area contributed by atoms with E-state index in [9.17, 15) is 4.79 Å². The van der Waals surface area contributed by atoms with Gasteiger partial charge in [0.1, 0.15) is 5.75 Å². The van der Waals surface area contributed by atoms with Crippen molar-refractivity contribution in [2.75, 3.05) is 13.2 Å². The Morgan fingerprint density at radius 1 is 0.969 bits per heavy atom. The van der Waals surface area contributed by atoms with Gasteiger partial charge in [0.25, 0.3) is 0 Å². The van der Waals surface area contributed by atoms with Crippen LogP contribution in [-0.2, 0) is 9.53 Å². The number of halogens is 1. The Morgan fingerprint density at radius 3 is 2.16 bits per heavy atom. The van der Waals surface area contributed by atoms with Crippen LogP contribution in [0.15, 0.2) is 60.7 Å². The number of unbranched alkanes of at least 4 members (excludes halogenated alkanes) is 5. The molecule has 0 aliphatic rings. The molecule has 0 spiro atoms. The molecule has 0 saturated carbocycles. The van der Waals surface area contributed by atoms with Gasteiger partial charge in [-0.15, -0.1) is 0 Å². The van der Waals surface area contributed by atoms with Gasteiger partial charge in [0.05, 0.1) is 19.8 Å². The van der Waals surface area contributed by atoms with E-state index in [1.165, 1.54) is 0 Å². The highest BCUT2D eigenvalue weighted by molar-refractivity contribution is 6.30. The summed E-state index contributed by atoms with van der Waals surface area (Å²) in [7, 11) is 0. The fourth-order valence-corrected chi connectivity index (χ4v) is 3.13. The minimum atomic E-state index is -0.306. The van der Waals surface area contributed by atoms with E-state index in [0.29, 0.717) is 29.5 Å². The zero-order chi connectivity index (χ0) is 23.2. The number of ether oxygens (including phenoxy) is 2. The summed E-state index contributed by atoms with van der Waals surface area (Å²) < 4.78 is 10.9. The van der Waals surface area contributed by atoms with E-state index >= 15 is 0 Å². The SMILES string of the molecule is [C-]#[N+]/C(=C\c1ccc(OCCCCCCCCOC(=O)C(=C)C)cc1)c1ccc(Cl)cc1. The molecule has 2 aromatic rings. The Balaban J connectivity index is 1.63. The van der Waals surface area contributed by atoms with Crippen molar-refractivity contribution in [3.8, 4) is 5.75 Å². The largest absolute Gasteiger partial charge is 0.494 e. The first-order valence-electron chi connectivity index (χ1n) is 10.9. The van der Waals surface area contributed by atoms with Crippen molar-refractivity contribution in [1.82, 2.24) is 0 Å². The molecular formula is C27H30ClNO3. The maximum atomic E-state index is 11.3. The zero-order valence-electron chi connectivity index (χ0n) is 18.6. The van der Waals surface area contributed by atoms with Crippen LogP contribution in [0.25, 0.3) is 16.6 Å². The van der Waals surface area contributed by atoms with Crippen LogP contribution in [0.4, 0.5) is 0 Å². The number of esters is 1. The van der Waals surface area contributed by atoms with Gasteiger partial charge < -0.3 is 9.47 Å². The van der Waals surface area contributed by atoms with Crippen LogP contribution < -0.4 is 4.74 Å². The second-order valence-corrected chi connectivity index (χ2v) is 8.04. The first-order chi connectivity index (χ1) is 15.5. The molecule has 0 N–H and O–H groups in total. The van der Waals surface area contributed by atoms with Gasteiger partial charge >= 0.3 is 5.97 Å². The van der Waals surface area contributed by atoms with Crippen LogP contribution >= 0.6 is 11.6 Å². The molecule has 168 valence electrons. The van der Waals surface area contributed by atoms with Crippen LogP contribution in [0.3, 0.4) is 0 Å². The summed E-state index contributed by atoms with van der Waals surface area (Å²) in [5.41, 5.74) is 2.82. The number of hydrogen-bond acceptors (Lipinski definition) is 3. The molecule has 4 nitrogen and oxygen atoms in total. The predicted octanol–water partition coefficient (Wildman–Crippen LogP) is 7.60. The van der Waals surface area contributed by atoms with E-state index in [1.807, 2.05) is 42.5 Å². The molecule has 2 aromatic carbocycles. The Kier molecular flexibility index (Phi) is 11.1. The zero-order valence-corrected chi connectivity index (χ0v) is 19.4. The number of carbonyl (C=O) groups is 1. The average Bonchev–Trinajstić information content (AvgIpc) is 2.80. The van der Waals surface area contributed by atoms with E-state index in [1.54, 1.807) is 19.1 Å². The van der Waals surface area contributed by atoms with Crippen LogP contribution in [-0.4, -0.2) is 19.2 Å². The molecule has 0 bridgehead atoms. The monoisotopic (exact) mass is 451 g/mol. The third-order valence-electron chi connectivity index (χ3n) is 4.83. The van der Waals surface area contributed by atoms with Crippen molar-refractivity contribution in [3.05, 3.63) is 88.2 Å². The van der Waals surface area contributed by atoms with Crippen molar-refractivity contribution in [2.24, 2.45) is 0 Å². The smallest absolute Gasteiger partial charge is 0.333 e. The van der Waals surface area contributed by atoms with Gasteiger partial charge in [0.2, 0.25) is 0 Å². The van der Waals surface area contributed by atoms with Crippen molar-refractivity contribution < 1.29 is 14.3 Å². The van der Waals surface area contributed by atoms with E-state index in [2.05, 4.69) is 11.4 Å². The molecule has 0 saturated heterocycles. The standard InChI is InChI=1S/C27H30ClNO3/c1-21(2)27(30)32-19-9-7-5-4-6-8-18-31-25-16-10-22(11-17-25)20-26(29-3)23-12-14-24(28)15-13-23/h10-17,20H,1,4-9,18-19H2,2H3/b26-20-. The topological polar surface area (TPSA) is 39.9 Å². The maximum absolute atomic E-state index is 11.3. The molecule has 0 amide bonds. The van der Waals surface area contributed by atoms with Gasteiger partial charge in [-0.3, -0.25) is 0 Å². The summed E-state index contributed by atoms with van der Waals surface area (Å²) >= 11 is 5.92. The average molecular weight is 452 g/mol. The lowest BCUT2D eigenvalue weighted by Crippen LogP contribution is -2.06. The first-order valence-corrected chi connectivity index (χ1v) is 11.3. The minimum Gasteiger partial charge on any atom is -0.494 e. The maximum Gasteiger partial charge on any atom is 0.333 e. The molecule has 0 unspecified atom stereocenters.